The van der Waals surface area contributed by atoms with Crippen molar-refractivity contribution < 1.29 is 27.4 Å². The van der Waals surface area contributed by atoms with E-state index in [2.05, 4.69) is 10.3 Å². The number of anilines is 1. The summed E-state index contributed by atoms with van der Waals surface area (Å²) in [5, 5.41) is 4.02. The molecule has 3 heterocycles. The fourth-order valence-electron chi connectivity index (χ4n) is 4.47. The van der Waals surface area contributed by atoms with Crippen molar-refractivity contribution in [1.82, 2.24) is 9.29 Å². The van der Waals surface area contributed by atoms with Gasteiger partial charge in [0.15, 0.2) is 0 Å². The highest BCUT2D eigenvalue weighted by molar-refractivity contribution is 7.89. The lowest BCUT2D eigenvalue weighted by Crippen LogP contribution is -2.40. The monoisotopic (exact) mass is 546 g/mol. The summed E-state index contributed by atoms with van der Waals surface area (Å²) in [6.45, 7) is 1.38. The SMILES string of the molecule is NC(=O)c1[nH]c2c(NC3CCOCC3)cc(Cl)cc2c1S(=O)(=O)N1CCO/C(=C/Oc2ccccc2)C1. The maximum absolute atomic E-state index is 13.9. The first kappa shape index (κ1) is 25.4. The van der Waals surface area contributed by atoms with E-state index in [0.717, 1.165) is 12.8 Å². The zero-order valence-corrected chi connectivity index (χ0v) is 21.5. The first-order valence-corrected chi connectivity index (χ1v) is 13.7. The number of ether oxygens (including phenoxy) is 3. The Hall–Kier alpha value is -3.25. The number of primary amides is 1. The quantitative estimate of drug-likeness (QED) is 0.386. The van der Waals surface area contributed by atoms with E-state index in [4.69, 9.17) is 31.5 Å². The van der Waals surface area contributed by atoms with Gasteiger partial charge in [0, 0.05) is 36.2 Å². The third-order valence-corrected chi connectivity index (χ3v) is 8.43. The summed E-state index contributed by atoms with van der Waals surface area (Å²) in [6, 6.07) is 12.4. The second-order valence-electron chi connectivity index (χ2n) is 8.80. The second kappa shape index (κ2) is 10.6. The predicted octanol–water partition coefficient (Wildman–Crippen LogP) is 3.45. The van der Waals surface area contributed by atoms with Crippen LogP contribution in [0.4, 0.5) is 5.69 Å². The number of nitrogens with zero attached hydrogens (tertiary/aromatic N) is 1. The highest BCUT2D eigenvalue weighted by Gasteiger charge is 2.35. The van der Waals surface area contributed by atoms with Crippen molar-refractivity contribution in [2.75, 3.05) is 38.2 Å². The number of hydrogen-bond donors (Lipinski definition) is 3. The minimum atomic E-state index is -4.18. The Balaban J connectivity index is 1.50. The first-order chi connectivity index (χ1) is 17.8. The number of carbonyl (C=O) groups is 1. The fourth-order valence-corrected chi connectivity index (χ4v) is 6.41. The summed E-state index contributed by atoms with van der Waals surface area (Å²) < 4.78 is 45.7. The smallest absolute Gasteiger partial charge is 0.266 e. The topological polar surface area (TPSA) is 136 Å². The lowest BCUT2D eigenvalue weighted by molar-refractivity contribution is 0.0905. The fraction of sp³-hybridized carbons (Fsp3) is 0.320. The lowest BCUT2D eigenvalue weighted by atomic mass is 10.1. The van der Waals surface area contributed by atoms with Crippen molar-refractivity contribution in [3.8, 4) is 5.75 Å². The van der Waals surface area contributed by atoms with Gasteiger partial charge in [0.1, 0.15) is 35.0 Å². The van der Waals surface area contributed by atoms with Crippen LogP contribution in [-0.2, 0) is 19.5 Å². The third-order valence-electron chi connectivity index (χ3n) is 6.28. The molecule has 196 valence electrons. The minimum Gasteiger partial charge on any atom is -0.492 e. The largest absolute Gasteiger partial charge is 0.492 e. The molecule has 37 heavy (non-hydrogen) atoms. The van der Waals surface area contributed by atoms with E-state index in [0.29, 0.717) is 40.9 Å². The molecule has 1 aromatic heterocycles. The van der Waals surface area contributed by atoms with Crippen molar-refractivity contribution in [2.24, 2.45) is 5.73 Å². The van der Waals surface area contributed by atoms with Crippen LogP contribution < -0.4 is 15.8 Å². The molecule has 0 saturated carbocycles. The van der Waals surface area contributed by atoms with E-state index in [-0.39, 0.29) is 41.7 Å². The minimum absolute atomic E-state index is 0.0756. The van der Waals surface area contributed by atoms with Crippen molar-refractivity contribution in [3.05, 3.63) is 65.2 Å². The maximum Gasteiger partial charge on any atom is 0.266 e. The average Bonchev–Trinajstić information content (AvgIpc) is 3.30. The Kier molecular flexibility index (Phi) is 7.29. The third kappa shape index (κ3) is 5.40. The van der Waals surface area contributed by atoms with Crippen LogP contribution in [0.25, 0.3) is 10.9 Å². The molecule has 0 spiro atoms. The maximum atomic E-state index is 13.9. The molecular formula is C25H27ClN4O6S. The molecule has 2 aromatic carbocycles. The van der Waals surface area contributed by atoms with Crippen LogP contribution in [0.2, 0.25) is 5.02 Å². The molecule has 0 aliphatic carbocycles. The number of sulfonamides is 1. The highest BCUT2D eigenvalue weighted by Crippen LogP contribution is 2.37. The summed E-state index contributed by atoms with van der Waals surface area (Å²) in [5.74, 6) is 0.0313. The van der Waals surface area contributed by atoms with E-state index >= 15 is 0 Å². The highest BCUT2D eigenvalue weighted by atomic mass is 35.5. The number of fused-ring (bicyclic) bond motifs is 1. The number of aromatic amines is 1. The van der Waals surface area contributed by atoms with Gasteiger partial charge in [-0.25, -0.2) is 8.42 Å². The number of para-hydroxylation sites is 1. The normalized spacial score (nSPS) is 18.6. The zero-order valence-electron chi connectivity index (χ0n) is 19.9. The molecule has 5 rings (SSSR count). The van der Waals surface area contributed by atoms with Gasteiger partial charge >= 0.3 is 0 Å². The van der Waals surface area contributed by atoms with Crippen LogP contribution in [0.1, 0.15) is 23.3 Å². The summed E-state index contributed by atoms with van der Waals surface area (Å²) in [7, 11) is -4.18. The van der Waals surface area contributed by atoms with E-state index in [1.54, 1.807) is 18.2 Å². The van der Waals surface area contributed by atoms with Crippen LogP contribution in [0.3, 0.4) is 0 Å². The molecule has 2 saturated heterocycles. The van der Waals surface area contributed by atoms with Gasteiger partial charge in [-0.1, -0.05) is 29.8 Å². The molecule has 2 fully saturated rings. The van der Waals surface area contributed by atoms with Gasteiger partial charge in [-0.05, 0) is 37.1 Å². The molecule has 0 atom stereocenters. The van der Waals surface area contributed by atoms with Crippen molar-refractivity contribution in [1.29, 1.82) is 0 Å². The first-order valence-electron chi connectivity index (χ1n) is 11.9. The van der Waals surface area contributed by atoms with Crippen LogP contribution in [0.15, 0.2) is 59.4 Å². The number of benzene rings is 2. The summed E-state index contributed by atoms with van der Waals surface area (Å²) in [5.41, 5.74) is 6.47. The van der Waals surface area contributed by atoms with Gasteiger partial charge in [0.25, 0.3) is 5.91 Å². The number of halogens is 1. The second-order valence-corrected chi connectivity index (χ2v) is 11.1. The summed E-state index contributed by atoms with van der Waals surface area (Å²) >= 11 is 6.41. The Morgan fingerprint density at radius 3 is 2.68 bits per heavy atom. The number of nitrogens with two attached hydrogens (primary N) is 1. The molecule has 2 aliphatic rings. The molecular weight excluding hydrogens is 520 g/mol. The molecule has 2 aliphatic heterocycles. The molecule has 0 unspecified atom stereocenters. The van der Waals surface area contributed by atoms with E-state index in [1.165, 1.54) is 16.6 Å². The number of hydrogen-bond acceptors (Lipinski definition) is 7. The number of nitrogens with one attached hydrogen (secondary N) is 2. The average molecular weight is 547 g/mol. The van der Waals surface area contributed by atoms with Crippen molar-refractivity contribution in [3.63, 3.8) is 0 Å². The molecule has 10 nitrogen and oxygen atoms in total. The number of H-pyrrole nitrogens is 1. The van der Waals surface area contributed by atoms with Crippen LogP contribution >= 0.6 is 11.6 Å². The Morgan fingerprint density at radius 2 is 1.95 bits per heavy atom. The van der Waals surface area contributed by atoms with E-state index in [1.807, 2.05) is 18.2 Å². The molecule has 12 heteroatoms. The van der Waals surface area contributed by atoms with Crippen LogP contribution in [-0.4, -0.2) is 62.6 Å². The molecule has 4 N–H and O–H groups in total. The van der Waals surface area contributed by atoms with E-state index < -0.39 is 15.9 Å². The summed E-state index contributed by atoms with van der Waals surface area (Å²) in [4.78, 5) is 15.2. The van der Waals surface area contributed by atoms with Gasteiger partial charge < -0.3 is 30.2 Å². The Bertz CT molecular complexity index is 1430. The molecule has 0 bridgehead atoms. The number of morpholine rings is 1. The summed E-state index contributed by atoms with van der Waals surface area (Å²) in [6.07, 6.45) is 2.96. The zero-order chi connectivity index (χ0) is 26.0. The van der Waals surface area contributed by atoms with Gasteiger partial charge in [-0.2, -0.15) is 4.31 Å². The van der Waals surface area contributed by atoms with E-state index in [9.17, 15) is 13.2 Å². The number of carbonyl (C=O) groups excluding carboxylic acids is 1. The van der Waals surface area contributed by atoms with Crippen LogP contribution in [0, 0.1) is 0 Å². The van der Waals surface area contributed by atoms with Crippen molar-refractivity contribution >= 4 is 44.1 Å². The van der Waals surface area contributed by atoms with Gasteiger partial charge in [-0.15, -0.1) is 0 Å². The van der Waals surface area contributed by atoms with Crippen molar-refractivity contribution in [2.45, 2.75) is 23.8 Å². The predicted molar refractivity (Wildman–Crippen MR) is 139 cm³/mol. The number of amides is 1. The lowest BCUT2D eigenvalue weighted by Gasteiger charge is -2.28. The number of aromatic nitrogens is 1. The standard InChI is InChI=1S/C25H27ClN4O6S/c26-16-12-20-22(21(13-16)28-17-6-9-34-10-7-17)29-23(25(27)31)24(20)37(32,33)30-8-11-35-19(14-30)15-36-18-4-2-1-3-5-18/h1-5,12-13,15,17,28-29H,6-11,14H2,(H2,27,31)/b19-15+. The molecule has 3 aromatic rings. The Labute approximate surface area is 219 Å². The Morgan fingerprint density at radius 1 is 1.19 bits per heavy atom. The van der Waals surface area contributed by atoms with Gasteiger partial charge in [-0.3, -0.25) is 4.79 Å². The van der Waals surface area contributed by atoms with Crippen LogP contribution in [0.5, 0.6) is 5.75 Å². The van der Waals surface area contributed by atoms with Gasteiger partial charge in [0.05, 0.1) is 17.7 Å². The number of rotatable bonds is 7. The molecule has 1 amide bonds. The van der Waals surface area contributed by atoms with Gasteiger partial charge in [0.2, 0.25) is 10.0 Å². The molecule has 0 radical (unpaired) electrons.